The molecule has 0 spiro atoms. The predicted octanol–water partition coefficient (Wildman–Crippen LogP) is 2.38. The molecule has 1 atom stereocenters. The Morgan fingerprint density at radius 3 is 2.62 bits per heavy atom. The molecule has 2 heterocycles. The lowest BCUT2D eigenvalue weighted by atomic mass is 9.98. The van der Waals surface area contributed by atoms with Crippen molar-refractivity contribution in [3.8, 4) is 0 Å². The van der Waals surface area contributed by atoms with Gasteiger partial charge in [-0.25, -0.2) is 12.7 Å². The summed E-state index contributed by atoms with van der Waals surface area (Å²) in [5.41, 5.74) is 0. The van der Waals surface area contributed by atoms with Crippen LogP contribution in [0.1, 0.15) is 24.6 Å². The Hall–Kier alpha value is -0.390. The van der Waals surface area contributed by atoms with Gasteiger partial charge >= 0.3 is 0 Å². The van der Waals surface area contributed by atoms with Crippen molar-refractivity contribution in [2.75, 3.05) is 39.5 Å². The maximum Gasteiger partial charge on any atom is 0.211 e. The van der Waals surface area contributed by atoms with Crippen molar-refractivity contribution in [3.63, 3.8) is 0 Å². The highest BCUT2D eigenvalue weighted by Gasteiger charge is 2.24. The summed E-state index contributed by atoms with van der Waals surface area (Å²) < 4.78 is 24.7. The van der Waals surface area contributed by atoms with Crippen molar-refractivity contribution in [2.45, 2.75) is 26.2 Å². The van der Waals surface area contributed by atoms with Crippen LogP contribution in [-0.2, 0) is 16.4 Å². The first-order valence-electron chi connectivity index (χ1n) is 8.80. The van der Waals surface area contributed by atoms with E-state index in [0.717, 1.165) is 38.3 Å². The van der Waals surface area contributed by atoms with Gasteiger partial charge in [-0.05, 0) is 42.5 Å². The maximum atomic E-state index is 11.5. The molecule has 0 amide bonds. The van der Waals surface area contributed by atoms with E-state index >= 15 is 0 Å². The van der Waals surface area contributed by atoms with Crippen molar-refractivity contribution in [2.24, 2.45) is 16.8 Å². The summed E-state index contributed by atoms with van der Waals surface area (Å²) in [5, 5.41) is 8.89. The van der Waals surface area contributed by atoms with Gasteiger partial charge in [0, 0.05) is 38.1 Å². The summed E-state index contributed by atoms with van der Waals surface area (Å²) >= 11 is 1.80. The molecule has 9 heteroatoms. The lowest BCUT2D eigenvalue weighted by molar-refractivity contribution is 0.274. The summed E-state index contributed by atoms with van der Waals surface area (Å²) in [6, 6.07) is 4.27. The van der Waals surface area contributed by atoms with E-state index < -0.39 is 10.0 Å². The lowest BCUT2D eigenvalue weighted by Crippen LogP contribution is -2.44. The van der Waals surface area contributed by atoms with Crippen LogP contribution in [0.5, 0.6) is 0 Å². The molecule has 0 radical (unpaired) electrons. The molecule has 1 aliphatic heterocycles. The Balaban J connectivity index is 0.00000338. The Morgan fingerprint density at radius 1 is 1.38 bits per heavy atom. The molecule has 0 aromatic carbocycles. The molecule has 1 fully saturated rings. The van der Waals surface area contributed by atoms with E-state index in [-0.39, 0.29) is 24.0 Å². The van der Waals surface area contributed by atoms with Gasteiger partial charge in [0.1, 0.15) is 0 Å². The van der Waals surface area contributed by atoms with Crippen LogP contribution in [0.15, 0.2) is 22.5 Å². The largest absolute Gasteiger partial charge is 0.356 e. The molecule has 0 bridgehead atoms. The molecular formula is C17H31IN4O2S2. The number of sulfonamides is 1. The average Bonchev–Trinajstić information content (AvgIpc) is 3.07. The quantitative estimate of drug-likeness (QED) is 0.333. The van der Waals surface area contributed by atoms with Gasteiger partial charge in [-0.1, -0.05) is 13.0 Å². The number of nitrogens with one attached hydrogen (secondary N) is 2. The predicted molar refractivity (Wildman–Crippen MR) is 121 cm³/mol. The van der Waals surface area contributed by atoms with Crippen LogP contribution in [0.25, 0.3) is 0 Å². The number of hydrogen-bond acceptors (Lipinski definition) is 4. The van der Waals surface area contributed by atoms with Crippen LogP contribution in [-0.4, -0.2) is 58.2 Å². The SMILES string of the molecule is CN=C(NCC(C)Cc1cccs1)NCC1CCN(S(C)(=O)=O)CC1.I. The van der Waals surface area contributed by atoms with Crippen molar-refractivity contribution < 1.29 is 8.42 Å². The van der Waals surface area contributed by atoms with E-state index in [0.29, 0.717) is 24.9 Å². The van der Waals surface area contributed by atoms with Gasteiger partial charge in [-0.15, -0.1) is 35.3 Å². The maximum absolute atomic E-state index is 11.5. The molecule has 1 unspecified atom stereocenters. The normalized spacial score (nSPS) is 18.2. The van der Waals surface area contributed by atoms with Crippen molar-refractivity contribution >= 4 is 51.3 Å². The molecule has 1 aromatic rings. The van der Waals surface area contributed by atoms with Gasteiger partial charge in [-0.3, -0.25) is 4.99 Å². The molecule has 1 saturated heterocycles. The van der Waals surface area contributed by atoms with Crippen molar-refractivity contribution in [3.05, 3.63) is 22.4 Å². The highest BCUT2D eigenvalue weighted by Crippen LogP contribution is 2.18. The highest BCUT2D eigenvalue weighted by molar-refractivity contribution is 14.0. The molecule has 2 rings (SSSR count). The minimum atomic E-state index is -3.05. The molecule has 6 nitrogen and oxygen atoms in total. The van der Waals surface area contributed by atoms with Crippen LogP contribution in [0.2, 0.25) is 0 Å². The second-order valence-corrected chi connectivity index (χ2v) is 9.84. The Bertz CT molecular complexity index is 642. The second-order valence-electron chi connectivity index (χ2n) is 6.83. The summed E-state index contributed by atoms with van der Waals surface area (Å²) in [5.74, 6) is 1.85. The van der Waals surface area contributed by atoms with Gasteiger partial charge in [-0.2, -0.15) is 0 Å². The van der Waals surface area contributed by atoms with Crippen LogP contribution in [0.4, 0.5) is 0 Å². The van der Waals surface area contributed by atoms with Gasteiger partial charge in [0.2, 0.25) is 10.0 Å². The fourth-order valence-corrected chi connectivity index (χ4v) is 4.77. The van der Waals surface area contributed by atoms with Crippen LogP contribution in [0.3, 0.4) is 0 Å². The molecule has 2 N–H and O–H groups in total. The number of halogens is 1. The summed E-state index contributed by atoms with van der Waals surface area (Å²) in [6.07, 6.45) is 4.15. The summed E-state index contributed by atoms with van der Waals surface area (Å²) in [7, 11) is -1.26. The van der Waals surface area contributed by atoms with E-state index in [4.69, 9.17) is 0 Å². The first-order valence-corrected chi connectivity index (χ1v) is 11.5. The summed E-state index contributed by atoms with van der Waals surface area (Å²) in [4.78, 5) is 5.70. The monoisotopic (exact) mass is 514 g/mol. The molecule has 26 heavy (non-hydrogen) atoms. The number of hydrogen-bond donors (Lipinski definition) is 2. The van der Waals surface area contributed by atoms with E-state index in [1.807, 2.05) is 0 Å². The van der Waals surface area contributed by atoms with E-state index in [9.17, 15) is 8.42 Å². The topological polar surface area (TPSA) is 73.8 Å². The van der Waals surface area contributed by atoms with E-state index in [2.05, 4.69) is 40.1 Å². The number of nitrogens with zero attached hydrogens (tertiary/aromatic N) is 2. The molecule has 1 aromatic heterocycles. The lowest BCUT2D eigenvalue weighted by Gasteiger charge is -2.30. The first kappa shape index (κ1) is 23.6. The molecule has 1 aliphatic rings. The standard InChI is InChI=1S/C17H30N4O2S2.HI/c1-14(11-16-5-4-10-24-16)12-19-17(18-2)20-13-15-6-8-21(9-7-15)25(3,22)23;/h4-5,10,14-15H,6-9,11-13H2,1-3H3,(H2,18,19,20);1H. The second kappa shape index (κ2) is 11.5. The third-order valence-electron chi connectivity index (χ3n) is 4.57. The van der Waals surface area contributed by atoms with Crippen LogP contribution < -0.4 is 10.6 Å². The van der Waals surface area contributed by atoms with E-state index in [1.165, 1.54) is 11.1 Å². The fourth-order valence-electron chi connectivity index (χ4n) is 3.02. The number of rotatable bonds is 7. The average molecular weight is 514 g/mol. The third-order valence-corrected chi connectivity index (χ3v) is 6.77. The third kappa shape index (κ3) is 8.10. The van der Waals surface area contributed by atoms with Gasteiger partial charge in [0.25, 0.3) is 0 Å². The van der Waals surface area contributed by atoms with Crippen LogP contribution in [0, 0.1) is 11.8 Å². The highest BCUT2D eigenvalue weighted by atomic mass is 127. The Labute approximate surface area is 178 Å². The van der Waals surface area contributed by atoms with Gasteiger partial charge < -0.3 is 10.6 Å². The van der Waals surface area contributed by atoms with Crippen LogP contribution >= 0.6 is 35.3 Å². The Kier molecular flexibility index (Phi) is 10.4. The number of aliphatic imine (C=N–C) groups is 1. The molecule has 0 aliphatic carbocycles. The zero-order valence-corrected chi connectivity index (χ0v) is 19.7. The first-order chi connectivity index (χ1) is 11.9. The molecule has 150 valence electrons. The van der Waals surface area contributed by atoms with Crippen molar-refractivity contribution in [1.82, 2.24) is 14.9 Å². The Morgan fingerprint density at radius 2 is 2.08 bits per heavy atom. The molecule has 0 saturated carbocycles. The fraction of sp³-hybridized carbons (Fsp3) is 0.706. The summed E-state index contributed by atoms with van der Waals surface area (Å²) in [6.45, 7) is 5.19. The zero-order chi connectivity index (χ0) is 18.3. The smallest absolute Gasteiger partial charge is 0.211 e. The number of piperidine rings is 1. The number of thiophene rings is 1. The minimum Gasteiger partial charge on any atom is -0.356 e. The van der Waals surface area contributed by atoms with Gasteiger partial charge in [0.05, 0.1) is 6.26 Å². The molecular weight excluding hydrogens is 483 g/mol. The number of guanidine groups is 1. The van der Waals surface area contributed by atoms with E-state index in [1.54, 1.807) is 22.7 Å². The minimum absolute atomic E-state index is 0. The van der Waals surface area contributed by atoms with Gasteiger partial charge in [0.15, 0.2) is 5.96 Å². The van der Waals surface area contributed by atoms with Crippen molar-refractivity contribution in [1.29, 1.82) is 0 Å². The zero-order valence-electron chi connectivity index (χ0n) is 15.8.